The van der Waals surface area contributed by atoms with Crippen LogP contribution in [0.3, 0.4) is 0 Å². The fraction of sp³-hybridized carbons (Fsp3) is 0.500. The summed E-state index contributed by atoms with van der Waals surface area (Å²) in [6.07, 6.45) is 0.560. The Morgan fingerprint density at radius 1 is 1.69 bits per heavy atom. The summed E-state index contributed by atoms with van der Waals surface area (Å²) in [7, 11) is -3.16. The minimum atomic E-state index is -3.16. The highest BCUT2D eigenvalue weighted by Gasteiger charge is 2.47. The Morgan fingerprint density at radius 3 is 2.92 bits per heavy atom. The Labute approximate surface area is 81.5 Å². The lowest BCUT2D eigenvalue weighted by atomic mass is 10.0. The lowest BCUT2D eigenvalue weighted by Gasteiger charge is -2.19. The molecule has 13 heavy (non-hydrogen) atoms. The summed E-state index contributed by atoms with van der Waals surface area (Å²) in [4.78, 5) is 0. The molecule has 0 aliphatic carbocycles. The molecule has 2 heterocycles. The van der Waals surface area contributed by atoms with Crippen LogP contribution in [-0.2, 0) is 16.3 Å². The van der Waals surface area contributed by atoms with Crippen molar-refractivity contribution in [1.82, 2.24) is 0 Å². The van der Waals surface area contributed by atoms with Crippen molar-refractivity contribution in [2.45, 2.75) is 22.3 Å². The van der Waals surface area contributed by atoms with Crippen LogP contribution < -0.4 is 5.73 Å². The first-order valence-electron chi connectivity index (χ1n) is 4.02. The van der Waals surface area contributed by atoms with E-state index >= 15 is 0 Å². The van der Waals surface area contributed by atoms with Crippen LogP contribution in [0.4, 0.5) is 0 Å². The molecule has 0 radical (unpaired) electrons. The lowest BCUT2D eigenvalue weighted by molar-refractivity contribution is 0.545. The standard InChI is InChI=1S/C8H11NO2S2/c1-8(5-9)4-6-2-3-12-7(6)13(8,10)11/h2-3H,4-5,9H2,1H3. The number of nitrogens with two attached hydrogens (primary N) is 1. The van der Waals surface area contributed by atoms with Crippen molar-refractivity contribution < 1.29 is 8.42 Å². The SMILES string of the molecule is CC1(CN)Cc2ccsc2S1(=O)=O. The van der Waals surface area contributed by atoms with E-state index in [-0.39, 0.29) is 6.54 Å². The highest BCUT2D eigenvalue weighted by molar-refractivity contribution is 7.95. The highest BCUT2D eigenvalue weighted by atomic mass is 32.2. The second-order valence-corrected chi connectivity index (χ2v) is 7.14. The highest BCUT2D eigenvalue weighted by Crippen LogP contribution is 2.41. The van der Waals surface area contributed by atoms with Gasteiger partial charge in [0, 0.05) is 6.54 Å². The summed E-state index contributed by atoms with van der Waals surface area (Å²) >= 11 is 1.29. The monoisotopic (exact) mass is 217 g/mol. The van der Waals surface area contributed by atoms with Crippen molar-refractivity contribution in [3.8, 4) is 0 Å². The molecule has 0 saturated heterocycles. The molecule has 0 bridgehead atoms. The van der Waals surface area contributed by atoms with E-state index in [2.05, 4.69) is 0 Å². The van der Waals surface area contributed by atoms with Crippen molar-refractivity contribution in [3.63, 3.8) is 0 Å². The van der Waals surface area contributed by atoms with Gasteiger partial charge in [-0.05, 0) is 30.4 Å². The molecule has 0 spiro atoms. The number of thiophene rings is 1. The maximum Gasteiger partial charge on any atom is 0.194 e. The van der Waals surface area contributed by atoms with Gasteiger partial charge in [0.05, 0.1) is 4.75 Å². The molecule has 1 aliphatic rings. The van der Waals surface area contributed by atoms with Crippen molar-refractivity contribution >= 4 is 21.2 Å². The van der Waals surface area contributed by atoms with E-state index in [1.165, 1.54) is 11.3 Å². The second kappa shape index (κ2) is 2.56. The molecule has 5 heteroatoms. The molecule has 1 unspecified atom stereocenters. The van der Waals surface area contributed by atoms with Gasteiger partial charge in [-0.15, -0.1) is 11.3 Å². The summed E-state index contributed by atoms with van der Waals surface area (Å²) in [5.41, 5.74) is 6.44. The van der Waals surface area contributed by atoms with Gasteiger partial charge in [0.15, 0.2) is 9.84 Å². The Bertz CT molecular complexity index is 435. The molecule has 0 aromatic carbocycles. The van der Waals surface area contributed by atoms with Gasteiger partial charge in [-0.1, -0.05) is 0 Å². The summed E-state index contributed by atoms with van der Waals surface area (Å²) < 4.78 is 23.6. The summed E-state index contributed by atoms with van der Waals surface area (Å²) in [6.45, 7) is 1.91. The quantitative estimate of drug-likeness (QED) is 0.756. The van der Waals surface area contributed by atoms with Crippen molar-refractivity contribution in [1.29, 1.82) is 0 Å². The van der Waals surface area contributed by atoms with E-state index in [1.54, 1.807) is 6.92 Å². The summed E-state index contributed by atoms with van der Waals surface area (Å²) in [5, 5.41) is 1.82. The third-order valence-corrected chi connectivity index (χ3v) is 6.65. The molecule has 1 aromatic heterocycles. The van der Waals surface area contributed by atoms with Gasteiger partial charge >= 0.3 is 0 Å². The van der Waals surface area contributed by atoms with Gasteiger partial charge < -0.3 is 5.73 Å². The van der Waals surface area contributed by atoms with Crippen LogP contribution in [0.2, 0.25) is 0 Å². The number of hydrogen-bond donors (Lipinski definition) is 1. The van der Waals surface area contributed by atoms with Gasteiger partial charge in [0.1, 0.15) is 4.21 Å². The van der Waals surface area contributed by atoms with Crippen LogP contribution in [0.1, 0.15) is 12.5 Å². The molecule has 2 rings (SSSR count). The number of rotatable bonds is 1. The normalized spacial score (nSPS) is 30.3. The van der Waals surface area contributed by atoms with Crippen LogP contribution in [0.5, 0.6) is 0 Å². The minimum Gasteiger partial charge on any atom is -0.329 e. The fourth-order valence-corrected chi connectivity index (χ4v) is 5.01. The van der Waals surface area contributed by atoms with Crippen LogP contribution >= 0.6 is 11.3 Å². The van der Waals surface area contributed by atoms with Gasteiger partial charge in [0.2, 0.25) is 0 Å². The van der Waals surface area contributed by atoms with E-state index in [4.69, 9.17) is 5.73 Å². The molecule has 0 fully saturated rings. The first kappa shape index (κ1) is 9.18. The summed E-state index contributed by atoms with van der Waals surface area (Å²) in [6, 6.07) is 1.87. The topological polar surface area (TPSA) is 60.2 Å². The maximum atomic E-state index is 11.9. The van der Waals surface area contributed by atoms with Gasteiger partial charge in [-0.3, -0.25) is 0 Å². The summed E-state index contributed by atoms with van der Waals surface area (Å²) in [5.74, 6) is 0. The lowest BCUT2D eigenvalue weighted by Crippen LogP contribution is -2.40. The van der Waals surface area contributed by atoms with Crippen molar-refractivity contribution in [2.24, 2.45) is 5.73 Å². The molecular formula is C8H11NO2S2. The van der Waals surface area contributed by atoms with Gasteiger partial charge in [0.25, 0.3) is 0 Å². The van der Waals surface area contributed by atoms with Gasteiger partial charge in [-0.25, -0.2) is 8.42 Å². The van der Waals surface area contributed by atoms with Crippen LogP contribution in [0, 0.1) is 0 Å². The third kappa shape index (κ3) is 1.01. The Hall–Kier alpha value is -0.390. The zero-order valence-corrected chi connectivity index (χ0v) is 8.91. The first-order valence-corrected chi connectivity index (χ1v) is 6.39. The van der Waals surface area contributed by atoms with E-state index in [0.29, 0.717) is 10.6 Å². The second-order valence-electron chi connectivity index (χ2n) is 3.57. The minimum absolute atomic E-state index is 0.191. The molecule has 1 aliphatic heterocycles. The fourth-order valence-electron chi connectivity index (χ4n) is 1.59. The van der Waals surface area contributed by atoms with E-state index in [9.17, 15) is 8.42 Å². The van der Waals surface area contributed by atoms with E-state index in [1.807, 2.05) is 11.4 Å². The Balaban J connectivity index is 2.65. The molecule has 1 aromatic rings. The molecule has 0 amide bonds. The number of fused-ring (bicyclic) bond motifs is 1. The smallest absolute Gasteiger partial charge is 0.194 e. The van der Waals surface area contributed by atoms with Crippen LogP contribution in [0.25, 0.3) is 0 Å². The van der Waals surface area contributed by atoms with Crippen LogP contribution in [-0.4, -0.2) is 19.7 Å². The van der Waals surface area contributed by atoms with E-state index in [0.717, 1.165) is 5.56 Å². The predicted octanol–water partition coefficient (Wildman–Crippen LogP) is 0.795. The molecule has 1 atom stereocenters. The van der Waals surface area contributed by atoms with Gasteiger partial charge in [-0.2, -0.15) is 0 Å². The Kier molecular flexibility index (Phi) is 1.80. The largest absolute Gasteiger partial charge is 0.329 e. The average Bonchev–Trinajstić information content (AvgIpc) is 2.57. The molecule has 0 saturated carbocycles. The van der Waals surface area contributed by atoms with Crippen LogP contribution in [0.15, 0.2) is 15.7 Å². The zero-order chi connectivity index (χ0) is 9.69. The van der Waals surface area contributed by atoms with Crippen molar-refractivity contribution in [2.75, 3.05) is 6.54 Å². The molecule has 72 valence electrons. The molecule has 2 N–H and O–H groups in total. The number of sulfone groups is 1. The maximum absolute atomic E-state index is 11.9. The third-order valence-electron chi connectivity index (χ3n) is 2.60. The zero-order valence-electron chi connectivity index (χ0n) is 7.28. The van der Waals surface area contributed by atoms with E-state index < -0.39 is 14.6 Å². The number of hydrogen-bond acceptors (Lipinski definition) is 4. The molecule has 3 nitrogen and oxygen atoms in total. The van der Waals surface area contributed by atoms with Crippen molar-refractivity contribution in [3.05, 3.63) is 17.0 Å². The Morgan fingerprint density at radius 2 is 2.38 bits per heavy atom. The average molecular weight is 217 g/mol. The predicted molar refractivity (Wildman–Crippen MR) is 52.7 cm³/mol. The first-order chi connectivity index (χ1) is 6.01. The molecular weight excluding hydrogens is 206 g/mol.